The number of carbonyl (C=O) groups excluding carboxylic acids is 1. The second-order valence-corrected chi connectivity index (χ2v) is 7.16. The average molecular weight is 394 g/mol. The first-order chi connectivity index (χ1) is 9.65. The van der Waals surface area contributed by atoms with Gasteiger partial charge in [0.15, 0.2) is 0 Å². The van der Waals surface area contributed by atoms with E-state index >= 15 is 0 Å². The predicted molar refractivity (Wildman–Crippen MR) is 95.4 cm³/mol. The van der Waals surface area contributed by atoms with Crippen LogP contribution in [0.3, 0.4) is 0 Å². The van der Waals surface area contributed by atoms with Crippen LogP contribution >= 0.6 is 40.1 Å². The van der Waals surface area contributed by atoms with Crippen LogP contribution in [0.1, 0.15) is 26.2 Å². The zero-order valence-corrected chi connectivity index (χ0v) is 15.3. The van der Waals surface area contributed by atoms with Gasteiger partial charge in [-0.1, -0.05) is 12.1 Å². The zero-order valence-electron chi connectivity index (χ0n) is 12.1. The summed E-state index contributed by atoms with van der Waals surface area (Å²) in [6.07, 6.45) is 2.64. The maximum absolute atomic E-state index is 11.9. The molecule has 2 N–H and O–H groups in total. The molecule has 1 aromatic rings. The first-order valence-electron chi connectivity index (χ1n) is 7.05. The lowest BCUT2D eigenvalue weighted by Crippen LogP contribution is -2.46. The van der Waals surface area contributed by atoms with E-state index in [-0.39, 0.29) is 18.3 Å². The van der Waals surface area contributed by atoms with Crippen LogP contribution in [0.25, 0.3) is 0 Å². The summed E-state index contributed by atoms with van der Waals surface area (Å²) in [4.78, 5) is 13.1. The van der Waals surface area contributed by atoms with Crippen molar-refractivity contribution in [2.24, 2.45) is 0 Å². The number of thioether (sulfide) groups is 1. The minimum atomic E-state index is 0. The van der Waals surface area contributed by atoms with Crippen LogP contribution in [-0.4, -0.2) is 30.3 Å². The van der Waals surface area contributed by atoms with Gasteiger partial charge in [0.1, 0.15) is 0 Å². The summed E-state index contributed by atoms with van der Waals surface area (Å²) in [7, 11) is 0. The Labute approximate surface area is 145 Å². The fraction of sp³-hybridized carbons (Fsp3) is 0.533. The molecule has 1 fully saturated rings. The molecule has 0 bridgehead atoms. The molecule has 2 rings (SSSR count). The lowest BCUT2D eigenvalue weighted by atomic mass is 10.0. The minimum absolute atomic E-state index is 0. The van der Waals surface area contributed by atoms with Crippen LogP contribution < -0.4 is 10.6 Å². The Balaban J connectivity index is 0.00000220. The number of amides is 1. The smallest absolute Gasteiger partial charge is 0.221 e. The summed E-state index contributed by atoms with van der Waals surface area (Å²) >= 11 is 5.24. The Morgan fingerprint density at radius 1 is 1.48 bits per heavy atom. The molecule has 3 nitrogen and oxygen atoms in total. The number of halogens is 2. The van der Waals surface area contributed by atoms with E-state index in [0.717, 1.165) is 29.6 Å². The topological polar surface area (TPSA) is 41.1 Å². The highest BCUT2D eigenvalue weighted by atomic mass is 79.9. The maximum Gasteiger partial charge on any atom is 0.221 e. The Morgan fingerprint density at radius 2 is 2.24 bits per heavy atom. The number of piperidine rings is 1. The third kappa shape index (κ3) is 6.59. The van der Waals surface area contributed by atoms with Crippen molar-refractivity contribution in [3.05, 3.63) is 28.7 Å². The number of hydrogen-bond donors (Lipinski definition) is 2. The molecule has 0 radical (unpaired) electrons. The molecule has 0 aromatic heterocycles. The monoisotopic (exact) mass is 392 g/mol. The van der Waals surface area contributed by atoms with Crippen molar-refractivity contribution in [2.45, 2.75) is 43.2 Å². The van der Waals surface area contributed by atoms with Crippen LogP contribution in [0, 0.1) is 0 Å². The SMILES string of the molecule is CC1CC(NC(=O)CCSc2ccccc2Br)CCN1.Cl. The quantitative estimate of drug-likeness (QED) is 0.751. The Morgan fingerprint density at radius 3 is 2.95 bits per heavy atom. The highest BCUT2D eigenvalue weighted by molar-refractivity contribution is 9.10. The highest BCUT2D eigenvalue weighted by Crippen LogP contribution is 2.27. The van der Waals surface area contributed by atoms with Gasteiger partial charge < -0.3 is 10.6 Å². The molecule has 1 saturated heterocycles. The zero-order chi connectivity index (χ0) is 14.4. The summed E-state index contributed by atoms with van der Waals surface area (Å²) in [6, 6.07) is 8.96. The molecule has 21 heavy (non-hydrogen) atoms. The lowest BCUT2D eigenvalue weighted by molar-refractivity contribution is -0.121. The number of nitrogens with one attached hydrogen (secondary N) is 2. The van der Waals surface area contributed by atoms with E-state index < -0.39 is 0 Å². The summed E-state index contributed by atoms with van der Waals surface area (Å²) in [6.45, 7) is 3.17. The molecule has 6 heteroatoms. The van der Waals surface area contributed by atoms with E-state index in [4.69, 9.17) is 0 Å². The third-order valence-electron chi connectivity index (χ3n) is 3.41. The van der Waals surface area contributed by atoms with Crippen molar-refractivity contribution in [3.8, 4) is 0 Å². The van der Waals surface area contributed by atoms with E-state index in [1.54, 1.807) is 11.8 Å². The number of hydrogen-bond acceptors (Lipinski definition) is 3. The van der Waals surface area contributed by atoms with Gasteiger partial charge in [0.25, 0.3) is 0 Å². The van der Waals surface area contributed by atoms with Crippen molar-refractivity contribution in [1.29, 1.82) is 0 Å². The van der Waals surface area contributed by atoms with Crippen molar-refractivity contribution in [3.63, 3.8) is 0 Å². The molecule has 0 saturated carbocycles. The first-order valence-corrected chi connectivity index (χ1v) is 8.83. The molecular formula is C15H22BrClN2OS. The normalized spacial score (nSPS) is 21.4. The number of carbonyl (C=O) groups is 1. The van der Waals surface area contributed by atoms with Gasteiger partial charge in [0.2, 0.25) is 5.91 Å². The molecule has 0 aliphatic carbocycles. The Kier molecular flexibility index (Phi) is 8.71. The van der Waals surface area contributed by atoms with Gasteiger partial charge in [-0.3, -0.25) is 4.79 Å². The van der Waals surface area contributed by atoms with Gasteiger partial charge in [-0.15, -0.1) is 24.2 Å². The molecule has 2 atom stereocenters. The van der Waals surface area contributed by atoms with Crippen LogP contribution in [0.4, 0.5) is 0 Å². The molecule has 1 aliphatic rings. The Hall–Kier alpha value is -0.230. The molecule has 1 aliphatic heterocycles. The molecule has 2 unspecified atom stereocenters. The fourth-order valence-electron chi connectivity index (χ4n) is 2.38. The van der Waals surface area contributed by atoms with E-state index in [9.17, 15) is 4.79 Å². The van der Waals surface area contributed by atoms with Crippen molar-refractivity contribution < 1.29 is 4.79 Å². The average Bonchev–Trinajstić information content (AvgIpc) is 2.41. The minimum Gasteiger partial charge on any atom is -0.353 e. The van der Waals surface area contributed by atoms with Crippen molar-refractivity contribution in [1.82, 2.24) is 10.6 Å². The number of rotatable bonds is 5. The lowest BCUT2D eigenvalue weighted by Gasteiger charge is -2.28. The molecule has 0 spiro atoms. The van der Waals surface area contributed by atoms with Gasteiger partial charge in [-0.05, 0) is 54.4 Å². The van der Waals surface area contributed by atoms with Gasteiger partial charge >= 0.3 is 0 Å². The second-order valence-electron chi connectivity index (χ2n) is 5.17. The van der Waals surface area contributed by atoms with Gasteiger partial charge in [0.05, 0.1) is 0 Å². The Bertz CT molecular complexity index is 461. The van der Waals surface area contributed by atoms with Crippen LogP contribution in [0.15, 0.2) is 33.6 Å². The van der Waals surface area contributed by atoms with Gasteiger partial charge in [-0.2, -0.15) is 0 Å². The summed E-state index contributed by atoms with van der Waals surface area (Å²) in [5.41, 5.74) is 0. The van der Waals surface area contributed by atoms with E-state index in [0.29, 0.717) is 18.5 Å². The largest absolute Gasteiger partial charge is 0.353 e. The second kappa shape index (κ2) is 9.72. The molecular weight excluding hydrogens is 372 g/mol. The third-order valence-corrected chi connectivity index (χ3v) is 5.44. The summed E-state index contributed by atoms with van der Waals surface area (Å²) in [5, 5.41) is 6.54. The molecule has 1 heterocycles. The van der Waals surface area contributed by atoms with E-state index in [1.807, 2.05) is 18.2 Å². The van der Waals surface area contributed by atoms with Crippen molar-refractivity contribution >= 4 is 46.0 Å². The summed E-state index contributed by atoms with van der Waals surface area (Å²) < 4.78 is 1.09. The fourth-order valence-corrected chi connectivity index (χ4v) is 3.89. The highest BCUT2D eigenvalue weighted by Gasteiger charge is 2.19. The van der Waals surface area contributed by atoms with Crippen LogP contribution in [0.2, 0.25) is 0 Å². The van der Waals surface area contributed by atoms with Gasteiger partial charge in [0, 0.05) is 33.6 Å². The van der Waals surface area contributed by atoms with E-state index in [2.05, 4.69) is 39.6 Å². The number of benzene rings is 1. The summed E-state index contributed by atoms with van der Waals surface area (Å²) in [5.74, 6) is 0.985. The van der Waals surface area contributed by atoms with Crippen LogP contribution in [-0.2, 0) is 4.79 Å². The predicted octanol–water partition coefficient (Wildman–Crippen LogP) is 3.61. The first kappa shape index (κ1) is 18.8. The van der Waals surface area contributed by atoms with E-state index in [1.165, 1.54) is 4.90 Å². The maximum atomic E-state index is 11.9. The van der Waals surface area contributed by atoms with Crippen molar-refractivity contribution in [2.75, 3.05) is 12.3 Å². The van der Waals surface area contributed by atoms with Crippen LogP contribution in [0.5, 0.6) is 0 Å². The molecule has 118 valence electrons. The molecule has 1 aromatic carbocycles. The van der Waals surface area contributed by atoms with Gasteiger partial charge in [-0.25, -0.2) is 0 Å². The standard InChI is InChI=1S/C15H21BrN2OS.ClH/c1-11-10-12(6-8-17-11)18-15(19)7-9-20-14-5-3-2-4-13(14)16;/h2-5,11-12,17H,6-10H2,1H3,(H,18,19);1H. The molecule has 1 amide bonds.